The minimum atomic E-state index is -0.571. The SMILES string of the molecule is CCOC(=O)c1c(NC(=O)[C@@H]2CCCO2)sc(C(=O)Nc2ccccc2C)c1C. The first-order valence-electron chi connectivity index (χ1n) is 9.52. The summed E-state index contributed by atoms with van der Waals surface area (Å²) >= 11 is 1.06. The Labute approximate surface area is 173 Å². The number of carbonyl (C=O) groups is 3. The summed E-state index contributed by atoms with van der Waals surface area (Å²) in [5, 5.41) is 5.93. The average Bonchev–Trinajstić information content (AvgIpc) is 3.32. The number of anilines is 2. The lowest BCUT2D eigenvalue weighted by Gasteiger charge is -2.10. The molecule has 2 amide bonds. The zero-order chi connectivity index (χ0) is 21.0. The van der Waals surface area contributed by atoms with Gasteiger partial charge in [0.25, 0.3) is 11.8 Å². The van der Waals surface area contributed by atoms with Crippen molar-refractivity contribution in [2.75, 3.05) is 23.8 Å². The second-order valence-electron chi connectivity index (χ2n) is 6.74. The lowest BCUT2D eigenvalue weighted by molar-refractivity contribution is -0.124. The number of hydrogen-bond acceptors (Lipinski definition) is 6. The number of ether oxygens (including phenoxy) is 2. The van der Waals surface area contributed by atoms with Crippen molar-refractivity contribution in [3.8, 4) is 0 Å². The second-order valence-corrected chi connectivity index (χ2v) is 7.76. The minimum absolute atomic E-state index is 0.192. The quantitative estimate of drug-likeness (QED) is 0.697. The number of carbonyl (C=O) groups excluding carboxylic acids is 3. The van der Waals surface area contributed by atoms with Crippen LogP contribution in [0.5, 0.6) is 0 Å². The molecule has 1 saturated heterocycles. The lowest BCUT2D eigenvalue weighted by atomic mass is 10.1. The number of amides is 2. The van der Waals surface area contributed by atoms with E-state index in [1.165, 1.54) is 0 Å². The van der Waals surface area contributed by atoms with Crippen LogP contribution in [0.1, 0.15) is 50.9 Å². The smallest absolute Gasteiger partial charge is 0.341 e. The molecule has 1 aromatic carbocycles. The largest absolute Gasteiger partial charge is 0.462 e. The summed E-state index contributed by atoms with van der Waals surface area (Å²) in [6.07, 6.45) is 0.902. The molecule has 154 valence electrons. The molecule has 2 N–H and O–H groups in total. The first-order chi connectivity index (χ1) is 13.9. The van der Waals surface area contributed by atoms with Crippen molar-refractivity contribution in [1.82, 2.24) is 0 Å². The van der Waals surface area contributed by atoms with E-state index in [0.717, 1.165) is 23.3 Å². The van der Waals surface area contributed by atoms with Gasteiger partial charge in [0.05, 0.1) is 17.0 Å². The van der Waals surface area contributed by atoms with E-state index in [1.54, 1.807) is 13.8 Å². The zero-order valence-corrected chi connectivity index (χ0v) is 17.5. The summed E-state index contributed by atoms with van der Waals surface area (Å²) in [6, 6.07) is 7.43. The van der Waals surface area contributed by atoms with Gasteiger partial charge in [-0.3, -0.25) is 9.59 Å². The van der Waals surface area contributed by atoms with Crippen molar-refractivity contribution >= 4 is 39.8 Å². The van der Waals surface area contributed by atoms with Crippen LogP contribution in [0.2, 0.25) is 0 Å². The Morgan fingerprint density at radius 3 is 2.62 bits per heavy atom. The summed E-state index contributed by atoms with van der Waals surface area (Å²) < 4.78 is 10.5. The Bertz CT molecular complexity index is 931. The average molecular weight is 416 g/mol. The maximum atomic E-state index is 12.9. The Balaban J connectivity index is 1.90. The Kier molecular flexibility index (Phi) is 6.66. The first kappa shape index (κ1) is 21.0. The van der Waals surface area contributed by atoms with E-state index in [2.05, 4.69) is 10.6 Å². The number of esters is 1. The number of rotatable bonds is 6. The summed E-state index contributed by atoms with van der Waals surface area (Å²) in [7, 11) is 0. The molecule has 0 bridgehead atoms. The van der Waals surface area contributed by atoms with Gasteiger partial charge in [0, 0.05) is 12.3 Å². The van der Waals surface area contributed by atoms with Crippen LogP contribution in [0.15, 0.2) is 24.3 Å². The van der Waals surface area contributed by atoms with Crippen LogP contribution in [-0.2, 0) is 14.3 Å². The Morgan fingerprint density at radius 2 is 1.97 bits per heavy atom. The van der Waals surface area contributed by atoms with E-state index in [9.17, 15) is 14.4 Å². The molecule has 7 nitrogen and oxygen atoms in total. The highest BCUT2D eigenvalue weighted by Crippen LogP contribution is 2.35. The lowest BCUT2D eigenvalue weighted by Crippen LogP contribution is -2.27. The summed E-state index contributed by atoms with van der Waals surface area (Å²) in [4.78, 5) is 38.2. The monoisotopic (exact) mass is 416 g/mol. The van der Waals surface area contributed by atoms with Crippen molar-refractivity contribution < 1.29 is 23.9 Å². The third kappa shape index (κ3) is 4.65. The summed E-state index contributed by atoms with van der Waals surface area (Å²) in [5.41, 5.74) is 2.29. The van der Waals surface area contributed by atoms with Gasteiger partial charge in [-0.15, -0.1) is 11.3 Å². The van der Waals surface area contributed by atoms with Gasteiger partial charge in [-0.2, -0.15) is 0 Å². The van der Waals surface area contributed by atoms with Crippen LogP contribution in [0.4, 0.5) is 10.7 Å². The van der Waals surface area contributed by atoms with E-state index in [4.69, 9.17) is 9.47 Å². The predicted octanol–water partition coefficient (Wildman–Crippen LogP) is 3.91. The van der Waals surface area contributed by atoms with Crippen LogP contribution >= 0.6 is 11.3 Å². The fourth-order valence-electron chi connectivity index (χ4n) is 3.14. The van der Waals surface area contributed by atoms with Crippen molar-refractivity contribution in [2.24, 2.45) is 0 Å². The van der Waals surface area contributed by atoms with Gasteiger partial charge in [0.1, 0.15) is 11.1 Å². The van der Waals surface area contributed by atoms with Crippen LogP contribution in [-0.4, -0.2) is 37.1 Å². The van der Waals surface area contributed by atoms with Crippen LogP contribution in [0, 0.1) is 13.8 Å². The fourth-order valence-corrected chi connectivity index (χ4v) is 4.23. The predicted molar refractivity (Wildman–Crippen MR) is 112 cm³/mol. The van der Waals surface area contributed by atoms with Crippen LogP contribution < -0.4 is 10.6 Å². The van der Waals surface area contributed by atoms with Gasteiger partial charge in [-0.1, -0.05) is 18.2 Å². The molecule has 1 fully saturated rings. The van der Waals surface area contributed by atoms with Gasteiger partial charge in [-0.05, 0) is 50.8 Å². The van der Waals surface area contributed by atoms with E-state index >= 15 is 0 Å². The molecule has 1 aromatic heterocycles. The van der Waals surface area contributed by atoms with E-state index in [-0.39, 0.29) is 24.0 Å². The van der Waals surface area contributed by atoms with Gasteiger partial charge in [-0.25, -0.2) is 4.79 Å². The molecule has 1 aliphatic heterocycles. The third-order valence-electron chi connectivity index (χ3n) is 4.68. The minimum Gasteiger partial charge on any atom is -0.462 e. The normalized spacial score (nSPS) is 15.8. The maximum Gasteiger partial charge on any atom is 0.341 e. The number of aryl methyl sites for hydroxylation is 1. The molecule has 0 aliphatic carbocycles. The van der Waals surface area contributed by atoms with Gasteiger partial charge >= 0.3 is 5.97 Å². The molecular weight excluding hydrogens is 392 g/mol. The van der Waals surface area contributed by atoms with E-state index in [1.807, 2.05) is 31.2 Å². The molecule has 2 heterocycles. The highest BCUT2D eigenvalue weighted by atomic mass is 32.1. The molecule has 1 atom stereocenters. The highest BCUT2D eigenvalue weighted by molar-refractivity contribution is 7.19. The van der Waals surface area contributed by atoms with Gasteiger partial charge in [0.2, 0.25) is 0 Å². The number of nitrogens with one attached hydrogen (secondary N) is 2. The van der Waals surface area contributed by atoms with Gasteiger partial charge < -0.3 is 20.1 Å². The van der Waals surface area contributed by atoms with Crippen molar-refractivity contribution in [1.29, 1.82) is 0 Å². The molecule has 0 radical (unpaired) electrons. The van der Waals surface area contributed by atoms with Gasteiger partial charge in [0.15, 0.2) is 0 Å². The van der Waals surface area contributed by atoms with Crippen LogP contribution in [0.25, 0.3) is 0 Å². The molecular formula is C21H24N2O5S. The Morgan fingerprint density at radius 1 is 1.21 bits per heavy atom. The van der Waals surface area contributed by atoms with Crippen molar-refractivity contribution in [3.63, 3.8) is 0 Å². The van der Waals surface area contributed by atoms with E-state index in [0.29, 0.717) is 34.2 Å². The number of benzene rings is 1. The maximum absolute atomic E-state index is 12.9. The summed E-state index contributed by atoms with van der Waals surface area (Å²) in [6.45, 7) is 6.01. The molecule has 0 unspecified atom stereocenters. The summed E-state index contributed by atoms with van der Waals surface area (Å²) in [5.74, 6) is -1.23. The number of hydrogen-bond donors (Lipinski definition) is 2. The topological polar surface area (TPSA) is 93.7 Å². The number of para-hydroxylation sites is 1. The number of thiophene rings is 1. The van der Waals surface area contributed by atoms with Crippen molar-refractivity contribution in [2.45, 2.75) is 39.7 Å². The molecule has 3 rings (SSSR count). The highest BCUT2D eigenvalue weighted by Gasteiger charge is 2.30. The first-order valence-corrected chi connectivity index (χ1v) is 10.3. The van der Waals surface area contributed by atoms with Crippen LogP contribution in [0.3, 0.4) is 0 Å². The molecule has 2 aromatic rings. The molecule has 0 saturated carbocycles. The second kappa shape index (κ2) is 9.19. The Hall–Kier alpha value is -2.71. The molecule has 1 aliphatic rings. The molecule has 29 heavy (non-hydrogen) atoms. The third-order valence-corrected chi connectivity index (χ3v) is 5.89. The molecule has 8 heteroatoms. The fraction of sp³-hybridized carbons (Fsp3) is 0.381. The molecule has 0 spiro atoms. The van der Waals surface area contributed by atoms with Crippen molar-refractivity contribution in [3.05, 3.63) is 45.8 Å². The zero-order valence-electron chi connectivity index (χ0n) is 16.7. The standard InChI is InChI=1S/C21H24N2O5S/c1-4-27-21(26)16-13(3)17(19(25)22-14-9-6-5-8-12(14)2)29-20(16)23-18(24)15-10-7-11-28-15/h5-6,8-9,15H,4,7,10-11H2,1-3H3,(H,22,25)(H,23,24)/t15-/m0/s1. The van der Waals surface area contributed by atoms with E-state index < -0.39 is 12.1 Å².